The fourth-order valence-electron chi connectivity index (χ4n) is 2.60. The molecule has 8 nitrogen and oxygen atoms in total. The van der Waals surface area contributed by atoms with Crippen molar-refractivity contribution in [3.63, 3.8) is 0 Å². The van der Waals surface area contributed by atoms with E-state index in [1.54, 1.807) is 4.90 Å². The number of sulfone groups is 1. The zero-order valence-corrected chi connectivity index (χ0v) is 15.4. The summed E-state index contributed by atoms with van der Waals surface area (Å²) in [6.45, 7) is 4.52. The van der Waals surface area contributed by atoms with Gasteiger partial charge in [-0.1, -0.05) is 25.6 Å². The first-order valence-corrected chi connectivity index (χ1v) is 10.5. The fourth-order valence-corrected chi connectivity index (χ4v) is 5.09. The van der Waals surface area contributed by atoms with Crippen LogP contribution in [0.15, 0.2) is 11.2 Å². The highest BCUT2D eigenvalue weighted by Gasteiger charge is 2.34. The Morgan fingerprint density at radius 2 is 2.00 bits per heavy atom. The van der Waals surface area contributed by atoms with Crippen LogP contribution in [0.4, 0.5) is 11.6 Å². The summed E-state index contributed by atoms with van der Waals surface area (Å²) >= 11 is 1.15. The molecule has 24 heavy (non-hydrogen) atoms. The van der Waals surface area contributed by atoms with E-state index >= 15 is 0 Å². The molecule has 1 saturated heterocycles. The highest BCUT2D eigenvalue weighted by atomic mass is 32.2. The minimum atomic E-state index is -3.05. The molecule has 0 aromatic carbocycles. The zero-order chi connectivity index (χ0) is 17.9. The second-order valence-corrected chi connectivity index (χ2v) is 9.46. The van der Waals surface area contributed by atoms with Crippen molar-refractivity contribution >= 4 is 39.1 Å². The molecular formula is C14H23N5O3S2. The predicted molar refractivity (Wildman–Crippen MR) is 95.2 cm³/mol. The van der Waals surface area contributed by atoms with Crippen molar-refractivity contribution in [1.82, 2.24) is 14.9 Å². The van der Waals surface area contributed by atoms with Crippen molar-refractivity contribution in [2.24, 2.45) is 5.92 Å². The Morgan fingerprint density at radius 1 is 1.38 bits per heavy atom. The maximum atomic E-state index is 12.6. The Labute approximate surface area is 146 Å². The number of nitrogens with zero attached hydrogens (tertiary/aromatic N) is 3. The van der Waals surface area contributed by atoms with Crippen LogP contribution in [0.5, 0.6) is 0 Å². The molecule has 0 bridgehead atoms. The van der Waals surface area contributed by atoms with Crippen LogP contribution in [-0.4, -0.2) is 59.0 Å². The molecule has 10 heteroatoms. The third-order valence-electron chi connectivity index (χ3n) is 3.60. The number of nitrogens with two attached hydrogens (primary N) is 2. The normalized spacial score (nSPS) is 19.5. The maximum absolute atomic E-state index is 12.6. The van der Waals surface area contributed by atoms with Crippen LogP contribution in [0.2, 0.25) is 0 Å². The molecule has 0 spiro atoms. The number of carbonyl (C=O) groups excluding carboxylic acids is 1. The first kappa shape index (κ1) is 18.8. The van der Waals surface area contributed by atoms with Gasteiger partial charge in [-0.05, 0) is 12.3 Å². The molecule has 0 saturated carbocycles. The van der Waals surface area contributed by atoms with Crippen molar-refractivity contribution in [2.45, 2.75) is 31.5 Å². The topological polar surface area (TPSA) is 132 Å². The van der Waals surface area contributed by atoms with Gasteiger partial charge in [0.2, 0.25) is 5.91 Å². The van der Waals surface area contributed by atoms with Gasteiger partial charge < -0.3 is 16.4 Å². The summed E-state index contributed by atoms with van der Waals surface area (Å²) in [5.74, 6) is 0.921. The van der Waals surface area contributed by atoms with Crippen LogP contribution in [0.3, 0.4) is 0 Å². The summed E-state index contributed by atoms with van der Waals surface area (Å²) in [4.78, 5) is 22.4. The molecule has 1 aliphatic heterocycles. The van der Waals surface area contributed by atoms with Crippen LogP contribution in [-0.2, 0) is 14.6 Å². The van der Waals surface area contributed by atoms with Crippen LogP contribution in [0.1, 0.15) is 20.3 Å². The summed E-state index contributed by atoms with van der Waals surface area (Å²) in [7, 11) is -3.05. The van der Waals surface area contributed by atoms with E-state index < -0.39 is 9.84 Å². The van der Waals surface area contributed by atoms with Crippen molar-refractivity contribution in [3.05, 3.63) is 6.07 Å². The summed E-state index contributed by atoms with van der Waals surface area (Å²) < 4.78 is 23.4. The molecule has 2 heterocycles. The molecule has 1 atom stereocenters. The van der Waals surface area contributed by atoms with Gasteiger partial charge in [-0.2, -0.15) is 0 Å². The molecule has 1 aromatic rings. The number of carbonyl (C=O) groups is 1. The molecule has 0 unspecified atom stereocenters. The Kier molecular flexibility index (Phi) is 5.92. The third-order valence-corrected chi connectivity index (χ3v) is 6.18. The van der Waals surface area contributed by atoms with Gasteiger partial charge in [-0.25, -0.2) is 18.4 Å². The van der Waals surface area contributed by atoms with E-state index in [0.717, 1.165) is 11.8 Å². The van der Waals surface area contributed by atoms with Crippen molar-refractivity contribution in [3.8, 4) is 0 Å². The third kappa shape index (κ3) is 5.23. The average Bonchev–Trinajstić information content (AvgIpc) is 2.81. The van der Waals surface area contributed by atoms with Crippen LogP contribution in [0.25, 0.3) is 0 Å². The average molecular weight is 374 g/mol. The highest BCUT2D eigenvalue weighted by molar-refractivity contribution is 7.99. The number of aromatic nitrogens is 2. The fraction of sp³-hybridized carbons (Fsp3) is 0.643. The Hall–Kier alpha value is -1.55. The molecule has 4 N–H and O–H groups in total. The minimum absolute atomic E-state index is 0.0395. The summed E-state index contributed by atoms with van der Waals surface area (Å²) in [5, 5.41) is 0.337. The monoisotopic (exact) mass is 373 g/mol. The van der Waals surface area contributed by atoms with E-state index in [-0.39, 0.29) is 46.8 Å². The van der Waals surface area contributed by atoms with E-state index in [1.807, 2.05) is 13.8 Å². The summed E-state index contributed by atoms with van der Waals surface area (Å²) in [6, 6.07) is 1.19. The lowest BCUT2D eigenvalue weighted by atomic mass is 10.1. The van der Waals surface area contributed by atoms with E-state index in [1.165, 1.54) is 6.07 Å². The van der Waals surface area contributed by atoms with Gasteiger partial charge in [0.25, 0.3) is 0 Å². The van der Waals surface area contributed by atoms with Crippen molar-refractivity contribution in [1.29, 1.82) is 0 Å². The van der Waals surface area contributed by atoms with E-state index in [4.69, 9.17) is 11.5 Å². The molecule has 0 aliphatic carbocycles. The molecule has 1 aromatic heterocycles. The largest absolute Gasteiger partial charge is 0.383 e. The van der Waals surface area contributed by atoms with Gasteiger partial charge in [0, 0.05) is 18.7 Å². The molecule has 1 amide bonds. The molecule has 2 rings (SSSR count). The van der Waals surface area contributed by atoms with Gasteiger partial charge in [0.15, 0.2) is 15.0 Å². The first-order valence-electron chi connectivity index (χ1n) is 7.69. The number of thioether (sulfide) groups is 1. The first-order chi connectivity index (χ1) is 11.2. The lowest BCUT2D eigenvalue weighted by Gasteiger charge is -2.29. The smallest absolute Gasteiger partial charge is 0.233 e. The van der Waals surface area contributed by atoms with Crippen molar-refractivity contribution in [2.75, 3.05) is 35.3 Å². The Balaban J connectivity index is 2.04. The summed E-state index contributed by atoms with van der Waals surface area (Å²) in [6.07, 6.45) is 0.493. The Morgan fingerprint density at radius 3 is 2.50 bits per heavy atom. The van der Waals surface area contributed by atoms with Gasteiger partial charge in [0.1, 0.15) is 11.6 Å². The van der Waals surface area contributed by atoms with Gasteiger partial charge in [-0.3, -0.25) is 4.79 Å². The second-order valence-electron chi connectivity index (χ2n) is 6.29. The van der Waals surface area contributed by atoms with Crippen LogP contribution >= 0.6 is 11.8 Å². The minimum Gasteiger partial charge on any atom is -0.383 e. The molecule has 1 fully saturated rings. The van der Waals surface area contributed by atoms with Crippen molar-refractivity contribution < 1.29 is 13.2 Å². The molecule has 1 aliphatic rings. The number of anilines is 2. The van der Waals surface area contributed by atoms with Gasteiger partial charge >= 0.3 is 0 Å². The number of hydrogen-bond donors (Lipinski definition) is 2. The molecular weight excluding hydrogens is 350 g/mol. The summed E-state index contributed by atoms with van der Waals surface area (Å²) in [5.41, 5.74) is 11.2. The standard InChI is InChI=1S/C14H23N5O3S2/c1-9(2)6-19(10-3-4-24(21,22)8-10)13(20)7-23-14-17-11(15)5-12(16)18-14/h5,9-10H,3-4,6-8H2,1-2H3,(H4,15,16,17,18)/t10-/m1/s1. The van der Waals surface area contributed by atoms with Crippen LogP contribution < -0.4 is 11.5 Å². The SMILES string of the molecule is CC(C)CN(C(=O)CSc1nc(N)cc(N)n1)[C@@H]1CCS(=O)(=O)C1. The second kappa shape index (κ2) is 7.56. The quantitative estimate of drug-likeness (QED) is 0.541. The number of rotatable bonds is 6. The lowest BCUT2D eigenvalue weighted by molar-refractivity contribution is -0.130. The van der Waals surface area contributed by atoms with E-state index in [0.29, 0.717) is 18.1 Å². The molecule has 134 valence electrons. The van der Waals surface area contributed by atoms with Gasteiger partial charge in [0.05, 0.1) is 17.3 Å². The maximum Gasteiger partial charge on any atom is 0.233 e. The number of hydrogen-bond acceptors (Lipinski definition) is 8. The Bertz CT molecular complexity index is 688. The number of amides is 1. The van der Waals surface area contributed by atoms with Gasteiger partial charge in [-0.15, -0.1) is 0 Å². The van der Waals surface area contributed by atoms with E-state index in [2.05, 4.69) is 9.97 Å². The lowest BCUT2D eigenvalue weighted by Crippen LogP contribution is -2.44. The predicted octanol–water partition coefficient (Wildman–Crippen LogP) is 0.405. The zero-order valence-electron chi connectivity index (χ0n) is 13.8. The molecule has 0 radical (unpaired) electrons. The van der Waals surface area contributed by atoms with Crippen LogP contribution in [0, 0.1) is 5.92 Å². The highest BCUT2D eigenvalue weighted by Crippen LogP contribution is 2.22. The van der Waals surface area contributed by atoms with E-state index in [9.17, 15) is 13.2 Å². The number of nitrogen functional groups attached to an aromatic ring is 2.